The topological polar surface area (TPSA) is 47.4 Å². The maximum atomic E-state index is 12.8. The Kier molecular flexibility index (Phi) is 6.36. The Bertz CT molecular complexity index is 1180. The van der Waals surface area contributed by atoms with Crippen LogP contribution in [0.5, 0.6) is 5.75 Å². The lowest BCUT2D eigenvalue weighted by Gasteiger charge is -2.18. The van der Waals surface area contributed by atoms with Crippen LogP contribution in [0.25, 0.3) is 16.9 Å². The van der Waals surface area contributed by atoms with E-state index in [0.29, 0.717) is 12.3 Å². The van der Waals surface area contributed by atoms with Crippen molar-refractivity contribution in [3.05, 3.63) is 102 Å². The summed E-state index contributed by atoms with van der Waals surface area (Å²) >= 11 is 0. The third-order valence-electron chi connectivity index (χ3n) is 5.25. The second-order valence-corrected chi connectivity index (χ2v) is 8.01. The van der Waals surface area contributed by atoms with E-state index in [2.05, 4.69) is 6.07 Å². The summed E-state index contributed by atoms with van der Waals surface area (Å²) in [5, 5.41) is 4.82. The van der Waals surface area contributed by atoms with Crippen LogP contribution in [0.3, 0.4) is 0 Å². The molecule has 0 saturated carbocycles. The monoisotopic (exact) mass is 425 g/mol. The van der Waals surface area contributed by atoms with Crippen molar-refractivity contribution in [2.45, 2.75) is 20.4 Å². The molecule has 1 amide bonds. The zero-order chi connectivity index (χ0) is 22.5. The minimum atomic E-state index is -0.0874. The molecule has 0 radical (unpaired) electrons. The van der Waals surface area contributed by atoms with E-state index in [1.807, 2.05) is 97.5 Å². The van der Waals surface area contributed by atoms with Crippen molar-refractivity contribution >= 4 is 5.91 Å². The van der Waals surface area contributed by atoms with Gasteiger partial charge >= 0.3 is 0 Å². The minimum absolute atomic E-state index is 0.00706. The summed E-state index contributed by atoms with van der Waals surface area (Å²) in [5.41, 5.74) is 6.06. The van der Waals surface area contributed by atoms with E-state index in [1.165, 1.54) is 0 Å². The number of amides is 1. The maximum Gasteiger partial charge on any atom is 0.260 e. The summed E-state index contributed by atoms with van der Waals surface area (Å²) in [6.45, 7) is 4.46. The average molecular weight is 426 g/mol. The molecule has 1 heterocycles. The van der Waals surface area contributed by atoms with Gasteiger partial charge in [0.2, 0.25) is 0 Å². The van der Waals surface area contributed by atoms with Crippen LogP contribution in [-0.4, -0.2) is 34.2 Å². The second kappa shape index (κ2) is 9.52. The first-order chi connectivity index (χ1) is 15.5. The van der Waals surface area contributed by atoms with Crippen molar-refractivity contribution in [1.82, 2.24) is 14.7 Å². The Morgan fingerprint density at radius 2 is 1.56 bits per heavy atom. The molecule has 0 saturated heterocycles. The van der Waals surface area contributed by atoms with E-state index >= 15 is 0 Å². The van der Waals surface area contributed by atoms with Gasteiger partial charge in [-0.1, -0.05) is 54.6 Å². The van der Waals surface area contributed by atoms with Crippen molar-refractivity contribution in [2.75, 3.05) is 13.7 Å². The molecule has 3 aromatic carbocycles. The number of carbonyl (C=O) groups is 1. The lowest BCUT2D eigenvalue weighted by molar-refractivity contribution is -0.132. The number of ether oxygens (including phenoxy) is 1. The first-order valence-corrected chi connectivity index (χ1v) is 10.6. The summed E-state index contributed by atoms with van der Waals surface area (Å²) in [7, 11) is 1.79. The lowest BCUT2D eigenvalue weighted by atomic mass is 10.1. The molecule has 1 aromatic heterocycles. The third-order valence-corrected chi connectivity index (χ3v) is 5.25. The maximum absolute atomic E-state index is 12.8. The predicted molar refractivity (Wildman–Crippen MR) is 127 cm³/mol. The van der Waals surface area contributed by atoms with Crippen LogP contribution in [0, 0.1) is 13.8 Å². The highest BCUT2D eigenvalue weighted by Crippen LogP contribution is 2.25. The molecule has 0 unspecified atom stereocenters. The molecule has 0 fully saturated rings. The van der Waals surface area contributed by atoms with Crippen molar-refractivity contribution in [3.8, 4) is 22.7 Å². The number of hydrogen-bond acceptors (Lipinski definition) is 3. The molecule has 5 heteroatoms. The number of aromatic nitrogens is 2. The normalized spacial score (nSPS) is 10.7. The SMILES string of the molecule is Cc1cc(C)cc(OCC(=O)N(C)Cc2cn(-c3ccccc3)nc2-c2ccccc2)c1. The molecule has 0 spiro atoms. The summed E-state index contributed by atoms with van der Waals surface area (Å²) in [4.78, 5) is 14.5. The number of rotatable bonds is 7. The second-order valence-electron chi connectivity index (χ2n) is 8.01. The van der Waals surface area contributed by atoms with Gasteiger partial charge in [-0.3, -0.25) is 4.79 Å². The van der Waals surface area contributed by atoms with Crippen LogP contribution in [0.4, 0.5) is 0 Å². The highest BCUT2D eigenvalue weighted by atomic mass is 16.5. The summed E-state index contributed by atoms with van der Waals surface area (Å²) in [5.74, 6) is 0.627. The van der Waals surface area contributed by atoms with E-state index in [-0.39, 0.29) is 12.5 Å². The first kappa shape index (κ1) is 21.4. The largest absolute Gasteiger partial charge is 0.484 e. The van der Waals surface area contributed by atoms with Crippen molar-refractivity contribution < 1.29 is 9.53 Å². The smallest absolute Gasteiger partial charge is 0.260 e. The zero-order valence-corrected chi connectivity index (χ0v) is 18.7. The van der Waals surface area contributed by atoms with Gasteiger partial charge in [-0.25, -0.2) is 4.68 Å². The molecule has 4 rings (SSSR count). The summed E-state index contributed by atoms with van der Waals surface area (Å²) < 4.78 is 7.63. The molecule has 32 heavy (non-hydrogen) atoms. The molecule has 0 atom stereocenters. The zero-order valence-electron chi connectivity index (χ0n) is 18.7. The van der Waals surface area contributed by atoms with Crippen LogP contribution in [0.2, 0.25) is 0 Å². The number of carbonyl (C=O) groups excluding carboxylic acids is 1. The highest BCUT2D eigenvalue weighted by molar-refractivity contribution is 5.78. The number of hydrogen-bond donors (Lipinski definition) is 0. The molecule has 0 aliphatic carbocycles. The molecular weight excluding hydrogens is 398 g/mol. The number of likely N-dealkylation sites (N-methyl/N-ethyl adjacent to an activating group) is 1. The predicted octanol–water partition coefficient (Wildman–Crippen LogP) is 5.19. The van der Waals surface area contributed by atoms with Gasteiger partial charge in [-0.2, -0.15) is 5.10 Å². The molecular formula is C27H27N3O2. The van der Waals surface area contributed by atoms with Gasteiger partial charge in [-0.15, -0.1) is 0 Å². The van der Waals surface area contributed by atoms with Crippen LogP contribution < -0.4 is 4.74 Å². The number of benzene rings is 3. The van der Waals surface area contributed by atoms with Crippen molar-refractivity contribution in [2.24, 2.45) is 0 Å². The van der Waals surface area contributed by atoms with Gasteiger partial charge < -0.3 is 9.64 Å². The molecule has 4 aromatic rings. The van der Waals surface area contributed by atoms with Gasteiger partial charge in [0, 0.05) is 30.9 Å². The molecule has 0 aliphatic rings. The fourth-order valence-electron chi connectivity index (χ4n) is 3.69. The van der Waals surface area contributed by atoms with Crippen molar-refractivity contribution in [3.63, 3.8) is 0 Å². The number of aryl methyl sites for hydroxylation is 2. The Morgan fingerprint density at radius 3 is 2.22 bits per heavy atom. The number of nitrogens with zero attached hydrogens (tertiary/aromatic N) is 3. The van der Waals surface area contributed by atoms with E-state index < -0.39 is 0 Å². The fourth-order valence-corrected chi connectivity index (χ4v) is 3.69. The van der Waals surface area contributed by atoms with Crippen molar-refractivity contribution in [1.29, 1.82) is 0 Å². The molecule has 5 nitrogen and oxygen atoms in total. The van der Waals surface area contributed by atoms with E-state index in [1.54, 1.807) is 11.9 Å². The lowest BCUT2D eigenvalue weighted by Crippen LogP contribution is -2.31. The van der Waals surface area contributed by atoms with Gasteiger partial charge in [0.1, 0.15) is 5.75 Å². The molecule has 162 valence electrons. The van der Waals surface area contributed by atoms with Gasteiger partial charge in [0.15, 0.2) is 6.61 Å². The van der Waals surface area contributed by atoms with E-state index in [0.717, 1.165) is 33.6 Å². The number of para-hydroxylation sites is 1. The minimum Gasteiger partial charge on any atom is -0.484 e. The van der Waals surface area contributed by atoms with Crippen LogP contribution in [0.1, 0.15) is 16.7 Å². The van der Waals surface area contributed by atoms with Gasteiger partial charge in [0.25, 0.3) is 5.91 Å². The molecule has 0 N–H and O–H groups in total. The Labute approximate surface area is 188 Å². The molecule has 0 aliphatic heterocycles. The van der Waals surface area contributed by atoms with E-state index in [9.17, 15) is 4.79 Å². The fraction of sp³-hybridized carbons (Fsp3) is 0.185. The Balaban J connectivity index is 1.53. The quantitative estimate of drug-likeness (QED) is 0.409. The molecule has 0 bridgehead atoms. The summed E-state index contributed by atoms with van der Waals surface area (Å²) in [6.07, 6.45) is 1.99. The van der Waals surface area contributed by atoms with Gasteiger partial charge in [-0.05, 0) is 49.2 Å². The average Bonchev–Trinajstić information content (AvgIpc) is 3.22. The first-order valence-electron chi connectivity index (χ1n) is 10.6. The summed E-state index contributed by atoms with van der Waals surface area (Å²) in [6, 6.07) is 26.0. The van der Waals surface area contributed by atoms with Crippen LogP contribution >= 0.6 is 0 Å². The Hall–Kier alpha value is -3.86. The van der Waals surface area contributed by atoms with E-state index in [4.69, 9.17) is 9.84 Å². The third kappa shape index (κ3) is 5.06. The standard InChI is InChI=1S/C27H27N3O2/c1-20-14-21(2)16-25(15-20)32-19-26(31)29(3)17-23-18-30(24-12-8-5-9-13-24)28-27(23)22-10-6-4-7-11-22/h4-16,18H,17,19H2,1-3H3. The van der Waals surface area contributed by atoms with Gasteiger partial charge in [0.05, 0.1) is 11.4 Å². The van der Waals surface area contributed by atoms with Crippen LogP contribution in [-0.2, 0) is 11.3 Å². The highest BCUT2D eigenvalue weighted by Gasteiger charge is 2.17. The van der Waals surface area contributed by atoms with Crippen LogP contribution in [0.15, 0.2) is 85.1 Å². The Morgan fingerprint density at radius 1 is 0.938 bits per heavy atom.